The lowest BCUT2D eigenvalue weighted by Crippen LogP contribution is -2.17. The molecule has 0 fully saturated rings. The normalized spacial score (nSPS) is 10.7. The molecular weight excluding hydrogens is 406 g/mol. The molecule has 0 N–H and O–H groups in total. The number of benzene rings is 3. The molecule has 0 saturated heterocycles. The van der Waals surface area contributed by atoms with Gasteiger partial charge in [-0.05, 0) is 72.6 Å². The highest BCUT2D eigenvalue weighted by Gasteiger charge is 2.20. The van der Waals surface area contributed by atoms with Crippen LogP contribution in [0.4, 0.5) is 0 Å². The Morgan fingerprint density at radius 2 is 1.16 bits per heavy atom. The fourth-order valence-corrected chi connectivity index (χ4v) is 3.61. The van der Waals surface area contributed by atoms with Gasteiger partial charge in [-0.2, -0.15) is 0 Å². The standard InChI is InChI=1S/C26H25NO5/c1-29-21-10-4-18(5-11-21)16-17-27-24(19-6-12-22(30-2)13-7-19)25(32-26(27)28)20-8-14-23(31-3)15-9-20/h4-15H,16-17H2,1-3H3. The Bertz CT molecular complexity index is 1220. The highest BCUT2D eigenvalue weighted by Crippen LogP contribution is 2.33. The van der Waals surface area contributed by atoms with Crippen molar-refractivity contribution in [3.05, 3.63) is 88.9 Å². The molecule has 4 aromatic rings. The van der Waals surface area contributed by atoms with Gasteiger partial charge in [-0.1, -0.05) is 12.1 Å². The molecule has 0 saturated carbocycles. The summed E-state index contributed by atoms with van der Waals surface area (Å²) in [5, 5.41) is 0. The predicted molar refractivity (Wildman–Crippen MR) is 124 cm³/mol. The van der Waals surface area contributed by atoms with E-state index in [4.69, 9.17) is 18.6 Å². The van der Waals surface area contributed by atoms with Crippen molar-refractivity contribution in [2.24, 2.45) is 0 Å². The molecule has 0 atom stereocenters. The van der Waals surface area contributed by atoms with E-state index in [0.717, 1.165) is 39.6 Å². The Balaban J connectivity index is 1.75. The van der Waals surface area contributed by atoms with E-state index in [2.05, 4.69) is 0 Å². The van der Waals surface area contributed by atoms with Crippen molar-refractivity contribution < 1.29 is 18.6 Å². The van der Waals surface area contributed by atoms with E-state index in [9.17, 15) is 4.79 Å². The van der Waals surface area contributed by atoms with E-state index in [1.165, 1.54) is 0 Å². The summed E-state index contributed by atoms with van der Waals surface area (Å²) in [6, 6.07) is 22.9. The Kier molecular flexibility index (Phi) is 6.31. The molecule has 0 unspecified atom stereocenters. The van der Waals surface area contributed by atoms with E-state index in [0.29, 0.717) is 18.7 Å². The summed E-state index contributed by atoms with van der Waals surface area (Å²) in [5.41, 5.74) is 3.51. The van der Waals surface area contributed by atoms with Gasteiger partial charge in [-0.25, -0.2) is 4.79 Å². The van der Waals surface area contributed by atoms with Crippen molar-refractivity contribution in [1.29, 1.82) is 0 Å². The second-order valence-corrected chi connectivity index (χ2v) is 7.25. The third-order valence-electron chi connectivity index (χ3n) is 5.39. The van der Waals surface area contributed by atoms with Crippen molar-refractivity contribution >= 4 is 0 Å². The first-order valence-electron chi connectivity index (χ1n) is 10.3. The molecule has 32 heavy (non-hydrogen) atoms. The van der Waals surface area contributed by atoms with Crippen LogP contribution in [0.2, 0.25) is 0 Å². The molecule has 6 heteroatoms. The van der Waals surface area contributed by atoms with Crippen LogP contribution in [0.5, 0.6) is 17.2 Å². The second kappa shape index (κ2) is 9.47. The van der Waals surface area contributed by atoms with Crippen LogP contribution in [-0.2, 0) is 13.0 Å². The van der Waals surface area contributed by atoms with Gasteiger partial charge in [0.1, 0.15) is 17.2 Å². The van der Waals surface area contributed by atoms with Gasteiger partial charge in [-0.3, -0.25) is 4.57 Å². The Morgan fingerprint density at radius 3 is 1.66 bits per heavy atom. The van der Waals surface area contributed by atoms with Gasteiger partial charge < -0.3 is 18.6 Å². The zero-order valence-electron chi connectivity index (χ0n) is 18.3. The molecular formula is C26H25NO5. The number of aromatic nitrogens is 1. The van der Waals surface area contributed by atoms with Crippen molar-refractivity contribution in [3.63, 3.8) is 0 Å². The lowest BCUT2D eigenvalue weighted by atomic mass is 10.0. The molecule has 0 aliphatic carbocycles. The number of methoxy groups -OCH3 is 3. The van der Waals surface area contributed by atoms with Crippen LogP contribution in [0, 0.1) is 0 Å². The average Bonchev–Trinajstić information content (AvgIpc) is 3.19. The van der Waals surface area contributed by atoms with Gasteiger partial charge in [0.2, 0.25) is 0 Å². The first-order valence-corrected chi connectivity index (χ1v) is 10.3. The van der Waals surface area contributed by atoms with Crippen LogP contribution in [0.3, 0.4) is 0 Å². The van der Waals surface area contributed by atoms with Crippen molar-refractivity contribution in [2.45, 2.75) is 13.0 Å². The summed E-state index contributed by atoms with van der Waals surface area (Å²) in [6.07, 6.45) is 0.675. The molecule has 4 rings (SSSR count). The van der Waals surface area contributed by atoms with Gasteiger partial charge in [0.25, 0.3) is 0 Å². The Labute approximate surface area is 186 Å². The third kappa shape index (κ3) is 4.39. The molecule has 6 nitrogen and oxygen atoms in total. The van der Waals surface area contributed by atoms with Gasteiger partial charge in [0.05, 0.1) is 27.0 Å². The summed E-state index contributed by atoms with van der Waals surface area (Å²) >= 11 is 0. The van der Waals surface area contributed by atoms with E-state index in [-0.39, 0.29) is 0 Å². The van der Waals surface area contributed by atoms with Gasteiger partial charge in [0.15, 0.2) is 5.76 Å². The minimum absolute atomic E-state index is 0.393. The molecule has 0 aliphatic rings. The topological polar surface area (TPSA) is 62.8 Å². The van der Waals surface area contributed by atoms with E-state index >= 15 is 0 Å². The molecule has 1 aromatic heterocycles. The van der Waals surface area contributed by atoms with Crippen LogP contribution in [-0.4, -0.2) is 25.9 Å². The summed E-state index contributed by atoms with van der Waals surface area (Å²) in [5.74, 6) is 2.42. The number of hydrogen-bond donors (Lipinski definition) is 0. The first kappa shape index (κ1) is 21.3. The van der Waals surface area contributed by atoms with Crippen LogP contribution in [0.1, 0.15) is 5.56 Å². The van der Waals surface area contributed by atoms with E-state index in [1.54, 1.807) is 25.9 Å². The number of hydrogen-bond acceptors (Lipinski definition) is 5. The number of ether oxygens (including phenoxy) is 3. The highest BCUT2D eigenvalue weighted by atomic mass is 16.5. The number of oxazole rings is 1. The molecule has 1 heterocycles. The summed E-state index contributed by atoms with van der Waals surface area (Å²) in [7, 11) is 4.88. The number of rotatable bonds is 8. The number of nitrogens with zero attached hydrogens (tertiary/aromatic N) is 1. The molecule has 0 bridgehead atoms. The van der Waals surface area contributed by atoms with Crippen LogP contribution in [0.25, 0.3) is 22.6 Å². The first-order chi connectivity index (χ1) is 15.6. The monoisotopic (exact) mass is 431 g/mol. The summed E-state index contributed by atoms with van der Waals surface area (Å²) < 4.78 is 23.2. The molecule has 164 valence electrons. The minimum Gasteiger partial charge on any atom is -0.497 e. The van der Waals surface area contributed by atoms with Crippen LogP contribution < -0.4 is 20.0 Å². The molecule has 0 spiro atoms. The Morgan fingerprint density at radius 1 is 0.688 bits per heavy atom. The second-order valence-electron chi connectivity index (χ2n) is 7.25. The maximum absolute atomic E-state index is 12.9. The lowest BCUT2D eigenvalue weighted by molar-refractivity contribution is 0.414. The maximum Gasteiger partial charge on any atom is 0.420 e. The molecule has 3 aromatic carbocycles. The lowest BCUT2D eigenvalue weighted by Gasteiger charge is -2.10. The average molecular weight is 431 g/mol. The van der Waals surface area contributed by atoms with Crippen LogP contribution >= 0.6 is 0 Å². The fourth-order valence-electron chi connectivity index (χ4n) is 3.61. The zero-order chi connectivity index (χ0) is 22.5. The van der Waals surface area contributed by atoms with Crippen LogP contribution in [0.15, 0.2) is 82.0 Å². The highest BCUT2D eigenvalue weighted by molar-refractivity contribution is 5.77. The maximum atomic E-state index is 12.9. The number of aryl methyl sites for hydroxylation is 1. The molecule has 0 radical (unpaired) electrons. The summed E-state index contributed by atoms with van der Waals surface area (Å²) in [4.78, 5) is 12.9. The molecule has 0 aliphatic heterocycles. The quantitative estimate of drug-likeness (QED) is 0.391. The van der Waals surface area contributed by atoms with Crippen molar-refractivity contribution in [1.82, 2.24) is 4.57 Å². The van der Waals surface area contributed by atoms with Crippen molar-refractivity contribution in [2.75, 3.05) is 21.3 Å². The predicted octanol–water partition coefficient (Wildman–Crippen LogP) is 5.04. The SMILES string of the molecule is COc1ccc(CCn2c(-c3ccc(OC)cc3)c(-c3ccc(OC)cc3)oc2=O)cc1. The van der Waals surface area contributed by atoms with Gasteiger partial charge in [-0.15, -0.1) is 0 Å². The molecule has 0 amide bonds. The zero-order valence-corrected chi connectivity index (χ0v) is 18.3. The van der Waals surface area contributed by atoms with E-state index < -0.39 is 5.76 Å². The van der Waals surface area contributed by atoms with Gasteiger partial charge >= 0.3 is 5.76 Å². The summed E-state index contributed by atoms with van der Waals surface area (Å²) in [6.45, 7) is 0.478. The van der Waals surface area contributed by atoms with Gasteiger partial charge in [0, 0.05) is 17.7 Å². The largest absolute Gasteiger partial charge is 0.497 e. The minimum atomic E-state index is -0.393. The Hall–Kier alpha value is -3.93. The smallest absolute Gasteiger partial charge is 0.420 e. The van der Waals surface area contributed by atoms with E-state index in [1.807, 2.05) is 72.8 Å². The third-order valence-corrected chi connectivity index (χ3v) is 5.39. The fraction of sp³-hybridized carbons (Fsp3) is 0.192. The van der Waals surface area contributed by atoms with Crippen molar-refractivity contribution in [3.8, 4) is 39.8 Å².